The maximum atomic E-state index is 14.1. The van der Waals surface area contributed by atoms with E-state index in [9.17, 15) is 22.4 Å². The van der Waals surface area contributed by atoms with E-state index in [1.54, 1.807) is 0 Å². The minimum Gasteiger partial charge on any atom is -0.326 e. The summed E-state index contributed by atoms with van der Waals surface area (Å²) in [4.78, 5) is 16.3. The van der Waals surface area contributed by atoms with Crippen LogP contribution in [0.1, 0.15) is 41.0 Å². The van der Waals surface area contributed by atoms with E-state index in [-0.39, 0.29) is 36.2 Å². The van der Waals surface area contributed by atoms with Crippen molar-refractivity contribution >= 4 is 17.3 Å². The molecule has 1 amide bonds. The molecule has 1 aromatic heterocycles. The molecule has 0 bridgehead atoms. The Morgan fingerprint density at radius 2 is 2.07 bits per heavy atom. The molecule has 5 nitrogen and oxygen atoms in total. The van der Waals surface area contributed by atoms with Crippen molar-refractivity contribution in [2.45, 2.75) is 31.4 Å². The Bertz CT molecular complexity index is 994. The fraction of sp³-hybridized carbons (Fsp3) is 0.263. The fourth-order valence-electron chi connectivity index (χ4n) is 3.21. The Morgan fingerprint density at radius 1 is 1.32 bits per heavy atom. The number of nitrogens with zero attached hydrogens (tertiary/aromatic N) is 2. The van der Waals surface area contributed by atoms with Crippen LogP contribution in [0.25, 0.3) is 0 Å². The number of alkyl halides is 3. The molecule has 2 N–H and O–H groups in total. The van der Waals surface area contributed by atoms with E-state index in [2.05, 4.69) is 10.3 Å². The number of hydrogen-bond acceptors (Lipinski definition) is 4. The number of carbonyl (C=O) groups excluding carboxylic acids is 1. The average molecular weight is 390 g/mol. The van der Waals surface area contributed by atoms with Crippen molar-refractivity contribution in [3.05, 3.63) is 58.7 Å². The van der Waals surface area contributed by atoms with Gasteiger partial charge in [-0.25, -0.2) is 4.98 Å². The van der Waals surface area contributed by atoms with Crippen LogP contribution in [0.15, 0.2) is 30.5 Å². The molecule has 0 saturated carbocycles. The third-order valence-electron chi connectivity index (χ3n) is 4.57. The summed E-state index contributed by atoms with van der Waals surface area (Å²) in [7, 11) is 0. The first-order valence-electron chi connectivity index (χ1n) is 8.32. The first-order chi connectivity index (χ1) is 13.2. The Hall–Kier alpha value is -3.28. The van der Waals surface area contributed by atoms with Crippen molar-refractivity contribution < 1.29 is 22.4 Å². The predicted molar refractivity (Wildman–Crippen MR) is 92.4 cm³/mol. The van der Waals surface area contributed by atoms with Gasteiger partial charge in [-0.3, -0.25) is 4.79 Å². The smallest absolute Gasteiger partial charge is 0.326 e. The van der Waals surface area contributed by atoms with Gasteiger partial charge in [0.2, 0.25) is 11.9 Å². The van der Waals surface area contributed by atoms with Crippen LogP contribution in [-0.4, -0.2) is 16.6 Å². The van der Waals surface area contributed by atoms with Crippen LogP contribution >= 0.6 is 0 Å². The van der Waals surface area contributed by atoms with Crippen LogP contribution in [0, 0.1) is 22.7 Å². The topological polar surface area (TPSA) is 89.6 Å². The van der Waals surface area contributed by atoms with Crippen molar-refractivity contribution in [3.8, 4) is 6.07 Å². The summed E-state index contributed by atoms with van der Waals surface area (Å²) in [5, 5.41) is 19.1. The molecular formula is C19H14F4N4O. The molecule has 1 unspecified atom stereocenters. The number of amides is 1. The van der Waals surface area contributed by atoms with E-state index >= 15 is 0 Å². The number of nitriles is 1. The minimum atomic E-state index is -4.75. The first kappa shape index (κ1) is 19.5. The van der Waals surface area contributed by atoms with Crippen molar-refractivity contribution in [2.24, 2.45) is 0 Å². The van der Waals surface area contributed by atoms with Gasteiger partial charge in [-0.1, -0.05) is 0 Å². The lowest BCUT2D eigenvalue weighted by Crippen LogP contribution is -2.22. The fourth-order valence-corrected chi connectivity index (χ4v) is 3.21. The maximum absolute atomic E-state index is 14.1. The average Bonchev–Trinajstić information content (AvgIpc) is 2.80. The number of nitrogens with one attached hydrogen (secondary N) is 2. The summed E-state index contributed by atoms with van der Waals surface area (Å²) in [6.07, 6.45) is -3.01. The van der Waals surface area contributed by atoms with Crippen molar-refractivity contribution in [3.63, 3.8) is 0 Å². The summed E-state index contributed by atoms with van der Waals surface area (Å²) < 4.78 is 53.4. The molecule has 1 aliphatic rings. The summed E-state index contributed by atoms with van der Waals surface area (Å²) in [5.41, 5.74) is -1.04. The lowest BCUT2D eigenvalue weighted by atomic mass is 9.93. The van der Waals surface area contributed by atoms with E-state index in [1.807, 2.05) is 0 Å². The first-order valence-corrected chi connectivity index (χ1v) is 8.32. The molecule has 3 rings (SSSR count). The maximum Gasteiger partial charge on any atom is 0.417 e. The van der Waals surface area contributed by atoms with Crippen LogP contribution in [0.5, 0.6) is 0 Å². The van der Waals surface area contributed by atoms with Gasteiger partial charge in [-0.2, -0.15) is 22.8 Å². The highest BCUT2D eigenvalue weighted by Gasteiger charge is 2.34. The highest BCUT2D eigenvalue weighted by atomic mass is 19.4. The van der Waals surface area contributed by atoms with Gasteiger partial charge in [0.1, 0.15) is 0 Å². The zero-order valence-corrected chi connectivity index (χ0v) is 14.4. The number of rotatable bonds is 2. The molecule has 2 aromatic rings. The second-order valence-electron chi connectivity index (χ2n) is 6.40. The number of aromatic nitrogens is 1. The van der Waals surface area contributed by atoms with E-state index in [0.717, 1.165) is 6.07 Å². The Kier molecular flexibility index (Phi) is 5.14. The number of pyridine rings is 1. The summed E-state index contributed by atoms with van der Waals surface area (Å²) in [6.45, 7) is 0. The van der Waals surface area contributed by atoms with Gasteiger partial charge in [0, 0.05) is 29.6 Å². The van der Waals surface area contributed by atoms with E-state index in [1.165, 1.54) is 24.4 Å². The summed E-state index contributed by atoms with van der Waals surface area (Å²) >= 11 is 0. The standard InChI is InChI=1S/C19H14F4N4O/c20-17-15-7-11(25)2-4-14(13(15)5-6-26-17)18(28)27-12-3-1-10(9-24)16(8-12)19(21,22)23/h1,3,5-6,8,14,25H,2,4,7H2,(H,27,28). The number of halogens is 4. The molecule has 1 aromatic carbocycles. The van der Waals surface area contributed by atoms with Gasteiger partial charge in [0.25, 0.3) is 0 Å². The normalized spacial score (nSPS) is 16.7. The molecule has 0 spiro atoms. The number of fused-ring (bicyclic) bond motifs is 1. The third-order valence-corrected chi connectivity index (χ3v) is 4.57. The predicted octanol–water partition coefficient (Wildman–Crippen LogP) is 4.19. The van der Waals surface area contributed by atoms with E-state index in [0.29, 0.717) is 11.6 Å². The molecular weight excluding hydrogens is 376 g/mol. The Morgan fingerprint density at radius 3 is 2.75 bits per heavy atom. The Balaban J connectivity index is 1.93. The molecule has 0 saturated heterocycles. The van der Waals surface area contributed by atoms with E-state index < -0.39 is 35.1 Å². The molecule has 9 heteroatoms. The van der Waals surface area contributed by atoms with Gasteiger partial charge >= 0.3 is 6.18 Å². The zero-order chi connectivity index (χ0) is 20.5. The van der Waals surface area contributed by atoms with Gasteiger partial charge in [-0.05, 0) is 42.7 Å². The quantitative estimate of drug-likeness (QED) is 0.458. The van der Waals surface area contributed by atoms with Crippen LogP contribution in [0.2, 0.25) is 0 Å². The van der Waals surface area contributed by atoms with Crippen LogP contribution in [0.3, 0.4) is 0 Å². The van der Waals surface area contributed by atoms with Crippen LogP contribution in [0.4, 0.5) is 23.2 Å². The van der Waals surface area contributed by atoms with Gasteiger partial charge in [0.15, 0.2) is 0 Å². The monoisotopic (exact) mass is 390 g/mol. The van der Waals surface area contributed by atoms with Crippen molar-refractivity contribution in [1.82, 2.24) is 4.98 Å². The second-order valence-corrected chi connectivity index (χ2v) is 6.40. The molecule has 144 valence electrons. The zero-order valence-electron chi connectivity index (χ0n) is 14.4. The molecule has 0 radical (unpaired) electrons. The lowest BCUT2D eigenvalue weighted by Gasteiger charge is -2.18. The van der Waals surface area contributed by atoms with Crippen molar-refractivity contribution in [2.75, 3.05) is 5.32 Å². The van der Waals surface area contributed by atoms with Crippen LogP contribution < -0.4 is 5.32 Å². The number of hydrogen-bond donors (Lipinski definition) is 2. The van der Waals surface area contributed by atoms with Gasteiger partial charge < -0.3 is 10.7 Å². The summed E-state index contributed by atoms with van der Waals surface area (Å²) in [6, 6.07) is 5.85. The lowest BCUT2D eigenvalue weighted by molar-refractivity contribution is -0.137. The number of carbonyl (C=O) groups is 1. The Labute approximate surface area is 157 Å². The molecule has 28 heavy (non-hydrogen) atoms. The second kappa shape index (κ2) is 7.38. The molecule has 0 fully saturated rings. The van der Waals surface area contributed by atoms with Crippen LogP contribution in [-0.2, 0) is 17.4 Å². The van der Waals surface area contributed by atoms with E-state index in [4.69, 9.17) is 10.7 Å². The molecule has 1 aliphatic carbocycles. The SMILES string of the molecule is N#Cc1ccc(NC(=O)C2CCC(=N)Cc3c2ccnc3F)cc1C(F)(F)F. The van der Waals surface area contributed by atoms with Gasteiger partial charge in [-0.15, -0.1) is 0 Å². The third kappa shape index (κ3) is 3.86. The largest absolute Gasteiger partial charge is 0.417 e. The highest BCUT2D eigenvalue weighted by Crippen LogP contribution is 2.35. The minimum absolute atomic E-state index is 0.0356. The highest BCUT2D eigenvalue weighted by molar-refractivity contribution is 5.97. The summed E-state index contributed by atoms with van der Waals surface area (Å²) in [5.74, 6) is -2.21. The van der Waals surface area contributed by atoms with Gasteiger partial charge in [0.05, 0.1) is 23.1 Å². The number of anilines is 1. The molecule has 1 heterocycles. The molecule has 0 aliphatic heterocycles. The molecule has 1 atom stereocenters. The number of benzene rings is 1. The van der Waals surface area contributed by atoms with Crippen molar-refractivity contribution in [1.29, 1.82) is 10.7 Å².